The maximum Gasteiger partial charge on any atom is 0.473 e. The average molecular weight is 632 g/mol. The minimum absolute atomic E-state index is 0.295. The van der Waals surface area contributed by atoms with Gasteiger partial charge in [-0.2, -0.15) is 87.8 Å². The molecule has 0 heterocycles. The number of ether oxygens (including phenoxy) is 1. The van der Waals surface area contributed by atoms with Crippen LogP contribution in [-0.4, -0.2) is 71.6 Å². The zero-order valence-corrected chi connectivity index (χ0v) is 18.0. The molecule has 0 aromatic heterocycles. The predicted octanol–water partition coefficient (Wildman–Crippen LogP) is 7.77. The van der Waals surface area contributed by atoms with E-state index in [1.54, 1.807) is 0 Å². The Morgan fingerprint density at radius 2 is 0.769 bits per heavy atom. The lowest BCUT2D eigenvalue weighted by Gasteiger charge is -2.45. The molecule has 39 heavy (non-hydrogen) atoms. The van der Waals surface area contributed by atoms with Gasteiger partial charge in [0.2, 0.25) is 0 Å². The molecule has 1 unspecified atom stereocenters. The SMILES string of the molecule is C=C(C)C(=O)OC(F)(F)C(F)(F)C(F)(F)C(F)(F)C(F)(F)C(F)(F)C(F)(F)C(F)(F)C(F)(F)C(F)(F)C(C)F. The smallest absolute Gasteiger partial charge is 0.393 e. The van der Waals surface area contributed by atoms with E-state index in [4.69, 9.17) is 0 Å². The van der Waals surface area contributed by atoms with Crippen LogP contribution in [0.3, 0.4) is 0 Å². The molecule has 0 aliphatic heterocycles. The average Bonchev–Trinajstić information content (AvgIpc) is 2.71. The lowest BCUT2D eigenvalue weighted by Crippen LogP contribution is -2.77. The Morgan fingerprint density at radius 3 is 1.00 bits per heavy atom. The zero-order valence-electron chi connectivity index (χ0n) is 18.0. The van der Waals surface area contributed by atoms with Crippen LogP contribution in [0.2, 0.25) is 0 Å². The maximum absolute atomic E-state index is 13.7. The van der Waals surface area contributed by atoms with Gasteiger partial charge in [-0.25, -0.2) is 9.18 Å². The summed E-state index contributed by atoms with van der Waals surface area (Å²) < 4.78 is 284. The number of carbonyl (C=O) groups is 1. The Kier molecular flexibility index (Phi) is 8.86. The molecular weight excluding hydrogens is 623 g/mol. The summed E-state index contributed by atoms with van der Waals surface area (Å²) in [4.78, 5) is 10.8. The first-order valence-corrected chi connectivity index (χ1v) is 8.83. The fourth-order valence-corrected chi connectivity index (χ4v) is 2.09. The molecule has 0 aromatic carbocycles. The molecule has 23 heteroatoms. The van der Waals surface area contributed by atoms with Crippen molar-refractivity contribution in [3.63, 3.8) is 0 Å². The molecule has 0 saturated carbocycles. The van der Waals surface area contributed by atoms with Crippen molar-refractivity contribution >= 4 is 5.97 Å². The molecule has 0 radical (unpaired) electrons. The Labute approximate surface area is 200 Å². The standard InChI is InChI=1S/C16H9F21O2/c1-4(2)6(38)39-16(36,37)15(34,35)14(32,33)13(30,31)12(28,29)11(26,27)10(24,25)9(22,23)8(20,21)7(18,19)5(3)17/h5H,1H2,2-3H3. The molecule has 0 spiro atoms. The van der Waals surface area contributed by atoms with Gasteiger partial charge in [-0.3, -0.25) is 0 Å². The number of hydrogen-bond donors (Lipinski definition) is 0. The van der Waals surface area contributed by atoms with Crippen LogP contribution < -0.4 is 0 Å². The van der Waals surface area contributed by atoms with E-state index in [9.17, 15) is 97.0 Å². The highest BCUT2D eigenvalue weighted by molar-refractivity contribution is 5.87. The number of alkyl halides is 21. The van der Waals surface area contributed by atoms with Crippen LogP contribution in [-0.2, 0) is 9.53 Å². The van der Waals surface area contributed by atoms with E-state index in [1.165, 1.54) is 0 Å². The molecular formula is C16H9F21O2. The lowest BCUT2D eigenvalue weighted by atomic mass is 9.85. The van der Waals surface area contributed by atoms with E-state index in [0.29, 0.717) is 6.92 Å². The van der Waals surface area contributed by atoms with Crippen LogP contribution >= 0.6 is 0 Å². The van der Waals surface area contributed by atoms with E-state index < -0.39 is 84.0 Å². The third-order valence-electron chi connectivity index (χ3n) is 4.61. The van der Waals surface area contributed by atoms with Gasteiger partial charge in [0.25, 0.3) is 0 Å². The maximum atomic E-state index is 13.7. The summed E-state index contributed by atoms with van der Waals surface area (Å²) in [5, 5.41) is 0. The molecule has 1 atom stereocenters. The molecule has 232 valence electrons. The first-order chi connectivity index (χ1) is 16.5. The minimum atomic E-state index is -9.24. The molecule has 0 N–H and O–H groups in total. The van der Waals surface area contributed by atoms with E-state index in [-0.39, 0.29) is 0 Å². The monoisotopic (exact) mass is 632 g/mol. The second kappa shape index (κ2) is 9.40. The zero-order chi connectivity index (χ0) is 32.4. The highest BCUT2D eigenvalue weighted by Crippen LogP contribution is 2.66. The fourth-order valence-electron chi connectivity index (χ4n) is 2.09. The molecule has 0 amide bonds. The van der Waals surface area contributed by atoms with Crippen LogP contribution in [0.1, 0.15) is 13.8 Å². The Hall–Kier alpha value is -2.26. The Balaban J connectivity index is 7.13. The van der Waals surface area contributed by atoms with Crippen molar-refractivity contribution < 1.29 is 102 Å². The van der Waals surface area contributed by atoms with Gasteiger partial charge in [0.15, 0.2) is 6.17 Å². The Bertz CT molecular complexity index is 948. The first kappa shape index (κ1) is 36.7. The van der Waals surface area contributed by atoms with Crippen LogP contribution in [0.5, 0.6) is 0 Å². The van der Waals surface area contributed by atoms with E-state index in [2.05, 4.69) is 11.3 Å². The molecule has 0 aliphatic rings. The normalized spacial score (nSPS) is 16.7. The van der Waals surface area contributed by atoms with Crippen LogP contribution in [0.25, 0.3) is 0 Å². The largest absolute Gasteiger partial charge is 0.473 e. The highest BCUT2D eigenvalue weighted by atomic mass is 19.4. The molecule has 0 aliphatic carbocycles. The number of esters is 1. The molecule has 0 saturated heterocycles. The molecule has 0 aromatic rings. The van der Waals surface area contributed by atoms with Gasteiger partial charge < -0.3 is 4.74 Å². The molecule has 2 nitrogen and oxygen atoms in total. The summed E-state index contributed by atoms with van der Waals surface area (Å²) in [6.45, 7) is 1.88. The van der Waals surface area contributed by atoms with Crippen LogP contribution in [0, 0.1) is 0 Å². The van der Waals surface area contributed by atoms with Crippen molar-refractivity contribution in [3.8, 4) is 0 Å². The van der Waals surface area contributed by atoms with Crippen LogP contribution in [0.15, 0.2) is 12.2 Å². The van der Waals surface area contributed by atoms with Gasteiger partial charge in [0, 0.05) is 5.57 Å². The summed E-state index contributed by atoms with van der Waals surface area (Å²) in [7, 11) is 0. The summed E-state index contributed by atoms with van der Waals surface area (Å²) in [5.74, 6) is -80.9. The quantitative estimate of drug-likeness (QED) is 0.125. The molecule has 0 rings (SSSR count). The van der Waals surface area contributed by atoms with Crippen LogP contribution in [0.4, 0.5) is 92.2 Å². The lowest BCUT2D eigenvalue weighted by molar-refractivity contribution is -0.479. The van der Waals surface area contributed by atoms with Gasteiger partial charge in [-0.1, -0.05) is 6.58 Å². The van der Waals surface area contributed by atoms with Crippen molar-refractivity contribution in [2.24, 2.45) is 0 Å². The van der Waals surface area contributed by atoms with E-state index >= 15 is 0 Å². The van der Waals surface area contributed by atoms with E-state index in [0.717, 1.165) is 0 Å². The fraction of sp³-hybridized carbons (Fsp3) is 0.812. The van der Waals surface area contributed by atoms with Crippen molar-refractivity contribution in [1.82, 2.24) is 0 Å². The molecule has 0 fully saturated rings. The van der Waals surface area contributed by atoms with Gasteiger partial charge in [0.05, 0.1) is 0 Å². The Morgan fingerprint density at radius 1 is 0.538 bits per heavy atom. The van der Waals surface area contributed by atoms with Gasteiger partial charge in [-0.15, -0.1) is 0 Å². The second-order valence-electron chi connectivity index (χ2n) is 7.52. The second-order valence-corrected chi connectivity index (χ2v) is 7.52. The summed E-state index contributed by atoms with van der Waals surface area (Å²) in [6.07, 6.45) is -12.1. The third-order valence-corrected chi connectivity index (χ3v) is 4.61. The number of rotatable bonds is 12. The summed E-state index contributed by atoms with van der Waals surface area (Å²) in [5.41, 5.74) is -1.42. The summed E-state index contributed by atoms with van der Waals surface area (Å²) in [6, 6.07) is 0. The molecule has 0 bridgehead atoms. The highest BCUT2D eigenvalue weighted by Gasteiger charge is 2.98. The van der Waals surface area contributed by atoms with Crippen molar-refractivity contribution in [2.45, 2.75) is 79.4 Å². The number of carbonyl (C=O) groups excluding carboxylic acids is 1. The third kappa shape index (κ3) is 4.63. The van der Waals surface area contributed by atoms with Gasteiger partial charge in [0.1, 0.15) is 0 Å². The number of hydrogen-bond acceptors (Lipinski definition) is 2. The minimum Gasteiger partial charge on any atom is -0.393 e. The number of halogens is 21. The van der Waals surface area contributed by atoms with Crippen molar-refractivity contribution in [3.05, 3.63) is 12.2 Å². The van der Waals surface area contributed by atoms with Crippen molar-refractivity contribution in [1.29, 1.82) is 0 Å². The van der Waals surface area contributed by atoms with E-state index in [1.807, 2.05) is 0 Å². The van der Waals surface area contributed by atoms with Gasteiger partial charge in [-0.05, 0) is 13.8 Å². The summed E-state index contributed by atoms with van der Waals surface area (Å²) >= 11 is 0. The predicted molar refractivity (Wildman–Crippen MR) is 80.9 cm³/mol. The van der Waals surface area contributed by atoms with Crippen molar-refractivity contribution in [2.75, 3.05) is 0 Å². The topological polar surface area (TPSA) is 26.3 Å². The van der Waals surface area contributed by atoms with Gasteiger partial charge >= 0.3 is 65.4 Å². The first-order valence-electron chi connectivity index (χ1n) is 8.83.